The molecule has 1 heterocycles. The molecule has 0 aliphatic heterocycles. The molecule has 0 unspecified atom stereocenters. The van der Waals surface area contributed by atoms with E-state index >= 15 is 0 Å². The fourth-order valence-electron chi connectivity index (χ4n) is 10.3. The Morgan fingerprint density at radius 1 is 0.197 bits per heavy atom. The van der Waals surface area contributed by atoms with Gasteiger partial charge in [0, 0.05) is 16.5 Å². The Hall–Kier alpha value is -9.30. The molecule has 1 aromatic heterocycles. The molecule has 0 aliphatic rings. The summed E-state index contributed by atoms with van der Waals surface area (Å²) < 4.78 is 2.40. The highest BCUT2D eigenvalue weighted by atomic mass is 15.0. The van der Waals surface area contributed by atoms with Crippen molar-refractivity contribution >= 4 is 44.1 Å². The van der Waals surface area contributed by atoms with Crippen LogP contribution < -0.4 is 0 Å². The van der Waals surface area contributed by atoms with Crippen molar-refractivity contribution in [3.05, 3.63) is 342 Å². The Bertz CT molecular complexity index is 3500. The number of rotatable bonds is 11. The van der Waals surface area contributed by atoms with Crippen molar-refractivity contribution in [1.82, 2.24) is 4.57 Å². The Labute approximate surface area is 416 Å². The van der Waals surface area contributed by atoms with Crippen molar-refractivity contribution in [1.29, 1.82) is 0 Å². The first kappa shape index (κ1) is 43.0. The highest BCUT2D eigenvalue weighted by Crippen LogP contribution is 2.41. The Morgan fingerprint density at radius 3 is 0.690 bits per heavy atom. The van der Waals surface area contributed by atoms with Crippen LogP contribution >= 0.6 is 0 Å². The van der Waals surface area contributed by atoms with E-state index in [2.05, 4.69) is 302 Å². The molecule has 0 atom stereocenters. The maximum Gasteiger partial charge on any atom is 0.0541 e. The Kier molecular flexibility index (Phi) is 11.7. The molecule has 0 fully saturated rings. The Balaban J connectivity index is 0.974. The monoisotopic (exact) mass is 903 g/mol. The summed E-state index contributed by atoms with van der Waals surface area (Å²) in [7, 11) is 0. The van der Waals surface area contributed by atoms with Crippen LogP contribution in [0.3, 0.4) is 0 Å². The lowest BCUT2D eigenvalue weighted by molar-refractivity contribution is 1.18. The van der Waals surface area contributed by atoms with Gasteiger partial charge < -0.3 is 4.57 Å². The van der Waals surface area contributed by atoms with Crippen molar-refractivity contribution in [3.8, 4) is 27.9 Å². The van der Waals surface area contributed by atoms with E-state index in [9.17, 15) is 0 Å². The molecule has 0 radical (unpaired) electrons. The largest absolute Gasteiger partial charge is 0.309 e. The first-order chi connectivity index (χ1) is 35.2. The average molecular weight is 904 g/mol. The van der Waals surface area contributed by atoms with E-state index in [-0.39, 0.29) is 0 Å². The van der Waals surface area contributed by atoms with Crippen LogP contribution in [-0.2, 0) is 0 Å². The number of para-hydroxylation sites is 1. The second-order valence-corrected chi connectivity index (χ2v) is 18.0. The smallest absolute Gasteiger partial charge is 0.0541 e. The summed E-state index contributed by atoms with van der Waals surface area (Å²) in [4.78, 5) is 0. The van der Waals surface area contributed by atoms with E-state index in [1.165, 1.54) is 111 Å². The van der Waals surface area contributed by atoms with Crippen LogP contribution in [0.25, 0.3) is 72.0 Å². The minimum absolute atomic E-state index is 1.14. The van der Waals surface area contributed by atoms with Crippen LogP contribution in [0, 0.1) is 0 Å². The third-order valence-electron chi connectivity index (χ3n) is 13.7. The first-order valence-corrected chi connectivity index (χ1v) is 24.4. The van der Waals surface area contributed by atoms with E-state index in [1.807, 2.05) is 0 Å². The second kappa shape index (κ2) is 19.4. The average Bonchev–Trinajstić information content (AvgIpc) is 3.78. The molecule has 0 amide bonds. The third kappa shape index (κ3) is 8.52. The van der Waals surface area contributed by atoms with Crippen LogP contribution in [0.5, 0.6) is 0 Å². The van der Waals surface area contributed by atoms with Gasteiger partial charge >= 0.3 is 0 Å². The van der Waals surface area contributed by atoms with E-state index in [0.717, 1.165) is 5.69 Å². The van der Waals surface area contributed by atoms with Gasteiger partial charge in [-0.1, -0.05) is 261 Å². The second-order valence-electron chi connectivity index (χ2n) is 18.0. The van der Waals surface area contributed by atoms with E-state index < -0.39 is 0 Å². The molecule has 11 aromatic carbocycles. The molecule has 12 rings (SSSR count). The van der Waals surface area contributed by atoms with Crippen molar-refractivity contribution < 1.29 is 0 Å². The zero-order chi connectivity index (χ0) is 47.3. The highest BCUT2D eigenvalue weighted by Gasteiger charge is 2.20. The molecule has 1 nitrogen and oxygen atoms in total. The molecule has 71 heavy (non-hydrogen) atoms. The molecule has 0 saturated heterocycles. The van der Waals surface area contributed by atoms with Crippen molar-refractivity contribution in [2.75, 3.05) is 0 Å². The minimum Gasteiger partial charge on any atom is -0.309 e. The highest BCUT2D eigenvalue weighted by molar-refractivity contribution is 6.12. The van der Waals surface area contributed by atoms with Gasteiger partial charge in [0.25, 0.3) is 0 Å². The molecule has 334 valence electrons. The molecule has 0 saturated carbocycles. The molecular formula is C70H49N. The molecule has 0 aliphatic carbocycles. The number of hydrogen-bond donors (Lipinski definition) is 0. The predicted molar refractivity (Wildman–Crippen MR) is 300 cm³/mol. The van der Waals surface area contributed by atoms with Gasteiger partial charge in [0.2, 0.25) is 0 Å². The maximum atomic E-state index is 2.40. The van der Waals surface area contributed by atoms with Crippen molar-refractivity contribution in [3.63, 3.8) is 0 Å². The van der Waals surface area contributed by atoms with Crippen molar-refractivity contribution in [2.45, 2.75) is 0 Å². The summed E-state index contributed by atoms with van der Waals surface area (Å²) >= 11 is 0. The van der Waals surface area contributed by atoms with Crippen LogP contribution in [0.2, 0.25) is 0 Å². The maximum absolute atomic E-state index is 2.40. The standard InChI is InChI=1S/C70H49N/c1-8-22-52(23-9-1)67(53-24-10-2-11-25-53)69(56-30-16-5-17-31-56)58-40-36-50(37-41-58)60-44-46-65-63(48-60)64-49-61(45-47-66(64)71(65)62-34-20-7-21-35-62)51-38-42-59(43-39-51)70(57-32-18-6-19-33-57)68(54-26-12-3-13-27-54)55-28-14-4-15-29-55/h1-49H. The fourth-order valence-corrected chi connectivity index (χ4v) is 10.3. The van der Waals surface area contributed by atoms with Gasteiger partial charge in [0.15, 0.2) is 0 Å². The summed E-state index contributed by atoms with van der Waals surface area (Å²) in [5.41, 5.74) is 22.5. The van der Waals surface area contributed by atoms with Crippen LogP contribution in [0.15, 0.2) is 297 Å². The predicted octanol–water partition coefficient (Wildman–Crippen LogP) is 18.1. The summed E-state index contributed by atoms with van der Waals surface area (Å²) in [5.74, 6) is 0. The molecule has 0 N–H and O–H groups in total. The minimum atomic E-state index is 1.14. The van der Waals surface area contributed by atoms with Crippen molar-refractivity contribution in [2.24, 2.45) is 0 Å². The molecule has 0 bridgehead atoms. The van der Waals surface area contributed by atoms with Crippen LogP contribution in [0.1, 0.15) is 44.5 Å². The van der Waals surface area contributed by atoms with Gasteiger partial charge in [0.05, 0.1) is 11.0 Å². The van der Waals surface area contributed by atoms with Gasteiger partial charge in [-0.2, -0.15) is 0 Å². The topological polar surface area (TPSA) is 4.93 Å². The van der Waals surface area contributed by atoms with Crippen LogP contribution in [0.4, 0.5) is 0 Å². The molecule has 0 spiro atoms. The van der Waals surface area contributed by atoms with Gasteiger partial charge in [-0.3, -0.25) is 0 Å². The van der Waals surface area contributed by atoms with E-state index in [4.69, 9.17) is 0 Å². The van der Waals surface area contributed by atoms with Crippen LogP contribution in [-0.4, -0.2) is 4.57 Å². The zero-order valence-electron chi connectivity index (χ0n) is 39.2. The Morgan fingerprint density at radius 2 is 0.423 bits per heavy atom. The molecule has 1 heteroatoms. The summed E-state index contributed by atoms with van der Waals surface area (Å²) in [6.45, 7) is 0. The molecule has 12 aromatic rings. The first-order valence-electron chi connectivity index (χ1n) is 24.4. The summed E-state index contributed by atoms with van der Waals surface area (Å²) in [6, 6.07) is 108. The number of hydrogen-bond acceptors (Lipinski definition) is 0. The van der Waals surface area contributed by atoms with Gasteiger partial charge in [-0.15, -0.1) is 0 Å². The molecular weight excluding hydrogens is 855 g/mol. The number of nitrogens with zero attached hydrogens (tertiary/aromatic N) is 1. The fraction of sp³-hybridized carbons (Fsp3) is 0. The summed E-state index contributed by atoms with van der Waals surface area (Å²) in [6.07, 6.45) is 0. The van der Waals surface area contributed by atoms with Gasteiger partial charge in [0.1, 0.15) is 0 Å². The van der Waals surface area contributed by atoms with Gasteiger partial charge in [-0.25, -0.2) is 0 Å². The van der Waals surface area contributed by atoms with E-state index in [1.54, 1.807) is 0 Å². The lowest BCUT2D eigenvalue weighted by Crippen LogP contribution is -1.97. The zero-order valence-corrected chi connectivity index (χ0v) is 39.2. The van der Waals surface area contributed by atoms with E-state index in [0.29, 0.717) is 0 Å². The summed E-state index contributed by atoms with van der Waals surface area (Å²) in [5, 5.41) is 2.43. The SMILES string of the molecule is c1ccc(C(=C(c2ccccc2)c2ccc(-c3ccc4c(c3)c3cc(-c5ccc(C(=C(c6ccccc6)c6ccccc6)c6ccccc6)cc5)ccc3n4-c3ccccc3)cc2)c2ccccc2)cc1. The number of benzene rings is 11. The normalized spacial score (nSPS) is 11.1. The third-order valence-corrected chi connectivity index (χ3v) is 13.7. The van der Waals surface area contributed by atoms with Gasteiger partial charge in [-0.05, 0) is 125 Å². The quantitative estimate of drug-likeness (QED) is 0.114. The number of fused-ring (bicyclic) bond motifs is 3. The lowest BCUT2D eigenvalue weighted by atomic mass is 9.85. The number of aromatic nitrogens is 1. The lowest BCUT2D eigenvalue weighted by Gasteiger charge is -2.18.